The highest BCUT2D eigenvalue weighted by atomic mass is 16.4. The Hall–Kier alpha value is -2.43. The molecule has 1 heterocycles. The number of amides is 1. The second kappa shape index (κ2) is 6.35. The van der Waals surface area contributed by atoms with Gasteiger partial charge in [-0.3, -0.25) is 9.78 Å². The van der Waals surface area contributed by atoms with Crippen LogP contribution in [0.4, 0.5) is 0 Å². The Labute approximate surface area is 123 Å². The number of carbonyl (C=O) groups is 2. The standard InChI is InChI=1S/C16H18N2O3/c1-3-10(2)14(16(20)21)18-15(19)12-6-4-8-13-11(12)7-5-9-17-13/h4-10,14H,3H2,1-2H3,(H,18,19)(H,20,21)/t10-,14-/m0/s1. The molecule has 110 valence electrons. The first-order chi connectivity index (χ1) is 10.0. The number of nitrogens with zero attached hydrogens (tertiary/aromatic N) is 1. The van der Waals surface area contributed by atoms with E-state index in [0.29, 0.717) is 22.9 Å². The maximum absolute atomic E-state index is 12.4. The third-order valence-corrected chi connectivity index (χ3v) is 3.66. The Kier molecular flexibility index (Phi) is 4.52. The summed E-state index contributed by atoms with van der Waals surface area (Å²) >= 11 is 0. The minimum atomic E-state index is -1.02. The molecule has 0 aliphatic heterocycles. The van der Waals surface area contributed by atoms with Crippen molar-refractivity contribution in [2.75, 3.05) is 0 Å². The third-order valence-electron chi connectivity index (χ3n) is 3.66. The van der Waals surface area contributed by atoms with Gasteiger partial charge in [-0.2, -0.15) is 0 Å². The number of aliphatic carboxylic acids is 1. The van der Waals surface area contributed by atoms with E-state index < -0.39 is 12.0 Å². The van der Waals surface area contributed by atoms with E-state index in [1.807, 2.05) is 19.9 Å². The monoisotopic (exact) mass is 286 g/mol. The average Bonchev–Trinajstić information content (AvgIpc) is 2.50. The molecule has 0 spiro atoms. The summed E-state index contributed by atoms with van der Waals surface area (Å²) in [5, 5.41) is 12.6. The number of benzene rings is 1. The summed E-state index contributed by atoms with van der Waals surface area (Å²) in [4.78, 5) is 27.9. The normalized spacial score (nSPS) is 13.6. The molecule has 1 aromatic carbocycles. The van der Waals surface area contributed by atoms with Crippen LogP contribution in [0.2, 0.25) is 0 Å². The fourth-order valence-electron chi connectivity index (χ4n) is 2.20. The molecule has 2 N–H and O–H groups in total. The van der Waals surface area contributed by atoms with E-state index in [9.17, 15) is 14.7 Å². The second-order valence-electron chi connectivity index (χ2n) is 5.05. The molecular weight excluding hydrogens is 268 g/mol. The second-order valence-corrected chi connectivity index (χ2v) is 5.05. The molecule has 2 atom stereocenters. The Bertz CT molecular complexity index is 664. The molecule has 0 aliphatic rings. The molecule has 0 radical (unpaired) electrons. The van der Waals surface area contributed by atoms with Gasteiger partial charge in [-0.1, -0.05) is 32.4 Å². The highest BCUT2D eigenvalue weighted by Crippen LogP contribution is 2.17. The average molecular weight is 286 g/mol. The number of carboxylic acids is 1. The number of hydrogen-bond donors (Lipinski definition) is 2. The molecule has 0 saturated heterocycles. The van der Waals surface area contributed by atoms with Crippen LogP contribution in [-0.2, 0) is 4.79 Å². The number of aromatic nitrogens is 1. The summed E-state index contributed by atoms with van der Waals surface area (Å²) < 4.78 is 0. The van der Waals surface area contributed by atoms with Crippen molar-refractivity contribution in [3.8, 4) is 0 Å². The zero-order chi connectivity index (χ0) is 15.4. The molecule has 0 unspecified atom stereocenters. The van der Waals surface area contributed by atoms with E-state index in [2.05, 4.69) is 10.3 Å². The van der Waals surface area contributed by atoms with Crippen molar-refractivity contribution in [1.29, 1.82) is 0 Å². The van der Waals surface area contributed by atoms with E-state index in [1.54, 1.807) is 30.5 Å². The van der Waals surface area contributed by atoms with E-state index in [0.717, 1.165) is 0 Å². The van der Waals surface area contributed by atoms with Crippen LogP contribution in [-0.4, -0.2) is 28.0 Å². The molecule has 2 aromatic rings. The Morgan fingerprint density at radius 3 is 2.71 bits per heavy atom. The van der Waals surface area contributed by atoms with E-state index in [1.165, 1.54) is 0 Å². The van der Waals surface area contributed by atoms with Crippen LogP contribution in [0.3, 0.4) is 0 Å². The predicted octanol–water partition coefficient (Wildman–Crippen LogP) is 2.46. The summed E-state index contributed by atoms with van der Waals surface area (Å²) in [6, 6.07) is 7.89. The molecule has 5 heteroatoms. The Balaban J connectivity index is 2.32. The molecule has 0 bridgehead atoms. The van der Waals surface area contributed by atoms with E-state index in [-0.39, 0.29) is 11.8 Å². The first-order valence-electron chi connectivity index (χ1n) is 6.92. The van der Waals surface area contributed by atoms with Gasteiger partial charge in [0.2, 0.25) is 0 Å². The van der Waals surface area contributed by atoms with Crippen LogP contribution >= 0.6 is 0 Å². The lowest BCUT2D eigenvalue weighted by Crippen LogP contribution is -2.45. The fourth-order valence-corrected chi connectivity index (χ4v) is 2.20. The van der Waals surface area contributed by atoms with E-state index in [4.69, 9.17) is 0 Å². The van der Waals surface area contributed by atoms with Crippen molar-refractivity contribution < 1.29 is 14.7 Å². The molecule has 0 aliphatic carbocycles. The van der Waals surface area contributed by atoms with Crippen molar-refractivity contribution in [2.24, 2.45) is 5.92 Å². The molecule has 1 aromatic heterocycles. The van der Waals surface area contributed by atoms with Crippen molar-refractivity contribution in [3.05, 3.63) is 42.1 Å². The number of carboxylic acid groups (broad SMARTS) is 1. The van der Waals surface area contributed by atoms with Gasteiger partial charge in [0.05, 0.1) is 5.52 Å². The first kappa shape index (κ1) is 15.0. The van der Waals surface area contributed by atoms with Crippen LogP contribution in [0.25, 0.3) is 10.9 Å². The largest absolute Gasteiger partial charge is 0.480 e. The van der Waals surface area contributed by atoms with Crippen LogP contribution in [0, 0.1) is 5.92 Å². The lowest BCUT2D eigenvalue weighted by atomic mass is 9.98. The third kappa shape index (κ3) is 3.18. The zero-order valence-electron chi connectivity index (χ0n) is 12.0. The van der Waals surface area contributed by atoms with Gasteiger partial charge >= 0.3 is 5.97 Å². The Morgan fingerprint density at radius 2 is 2.05 bits per heavy atom. The van der Waals surface area contributed by atoms with Crippen molar-refractivity contribution in [2.45, 2.75) is 26.3 Å². The highest BCUT2D eigenvalue weighted by molar-refractivity contribution is 6.07. The molecule has 5 nitrogen and oxygen atoms in total. The van der Waals surface area contributed by atoms with Gasteiger partial charge in [0, 0.05) is 17.1 Å². The van der Waals surface area contributed by atoms with Gasteiger partial charge in [-0.05, 0) is 24.1 Å². The number of hydrogen-bond acceptors (Lipinski definition) is 3. The zero-order valence-corrected chi connectivity index (χ0v) is 12.0. The summed E-state index contributed by atoms with van der Waals surface area (Å²) in [6.45, 7) is 3.71. The van der Waals surface area contributed by atoms with E-state index >= 15 is 0 Å². The SMILES string of the molecule is CC[C@H](C)[C@H](NC(=O)c1cccc2ncccc12)C(=O)O. The minimum Gasteiger partial charge on any atom is -0.480 e. The van der Waals surface area contributed by atoms with Gasteiger partial charge < -0.3 is 10.4 Å². The smallest absolute Gasteiger partial charge is 0.326 e. The number of fused-ring (bicyclic) bond motifs is 1. The molecule has 0 saturated carbocycles. The van der Waals surface area contributed by atoms with Crippen LogP contribution in [0.15, 0.2) is 36.5 Å². The number of pyridine rings is 1. The van der Waals surface area contributed by atoms with Gasteiger partial charge in [-0.25, -0.2) is 4.79 Å². The van der Waals surface area contributed by atoms with Gasteiger partial charge in [-0.15, -0.1) is 0 Å². The van der Waals surface area contributed by atoms with Crippen LogP contribution in [0.5, 0.6) is 0 Å². The molecule has 21 heavy (non-hydrogen) atoms. The van der Waals surface area contributed by atoms with Gasteiger partial charge in [0.25, 0.3) is 5.91 Å². The fraction of sp³-hybridized carbons (Fsp3) is 0.312. The van der Waals surface area contributed by atoms with Crippen molar-refractivity contribution in [3.63, 3.8) is 0 Å². The lowest BCUT2D eigenvalue weighted by molar-refractivity contribution is -0.140. The van der Waals surface area contributed by atoms with Crippen LogP contribution in [0.1, 0.15) is 30.6 Å². The maximum Gasteiger partial charge on any atom is 0.326 e. The van der Waals surface area contributed by atoms with Crippen molar-refractivity contribution >= 4 is 22.8 Å². The van der Waals surface area contributed by atoms with Gasteiger partial charge in [0.1, 0.15) is 6.04 Å². The molecule has 0 fully saturated rings. The lowest BCUT2D eigenvalue weighted by Gasteiger charge is -2.20. The molecular formula is C16H18N2O3. The number of rotatable bonds is 5. The van der Waals surface area contributed by atoms with Crippen LogP contribution < -0.4 is 5.32 Å². The van der Waals surface area contributed by atoms with Gasteiger partial charge in [0.15, 0.2) is 0 Å². The Morgan fingerprint density at radius 1 is 1.29 bits per heavy atom. The topological polar surface area (TPSA) is 79.3 Å². The number of carbonyl (C=O) groups excluding carboxylic acids is 1. The van der Waals surface area contributed by atoms with Crippen molar-refractivity contribution in [1.82, 2.24) is 10.3 Å². The predicted molar refractivity (Wildman–Crippen MR) is 80.1 cm³/mol. The first-order valence-corrected chi connectivity index (χ1v) is 6.92. The quantitative estimate of drug-likeness (QED) is 0.885. The maximum atomic E-state index is 12.4. The summed E-state index contributed by atoms with van der Waals surface area (Å²) in [5.74, 6) is -1.54. The summed E-state index contributed by atoms with van der Waals surface area (Å²) in [6.07, 6.45) is 2.33. The summed E-state index contributed by atoms with van der Waals surface area (Å²) in [5.41, 5.74) is 1.15. The number of nitrogens with one attached hydrogen (secondary N) is 1. The highest BCUT2D eigenvalue weighted by Gasteiger charge is 2.26. The molecule has 1 amide bonds. The summed E-state index contributed by atoms with van der Waals surface area (Å²) in [7, 11) is 0. The molecule has 2 rings (SSSR count). The minimum absolute atomic E-state index is 0.139.